The number of phenols is 1. The number of benzene rings is 3. The average Bonchev–Trinajstić information content (AvgIpc) is 1.31. The molecule has 9 atom stereocenters. The van der Waals surface area contributed by atoms with Crippen LogP contribution in [0.3, 0.4) is 0 Å². The SMILES string of the molecule is CC(=O)N[C@@H](CCC(=O)O)C(=O)N[C@@H](Cc1cnc[nH]1)C(=O)N[C@@H](Cc1c[nH]c2ccccc12)C(=O)N[C@@H](CO)C(=O)N[C@@H](Cc1ccc(O)cc1)C(=O)N[C@H](Cc1c(F)c(F)c(F)c(F)c1F)C(=O)N[C@@H](CC(C)C)C(=O)N[C@@H](CCCN=C(N)N)C(=O)N1CCC[C@H]1C(=O)NCC(N)=O. The Kier molecular flexibility index (Phi) is 28.9. The summed E-state index contributed by atoms with van der Waals surface area (Å²) in [5.41, 5.74) is 15.9. The number of rotatable bonds is 37. The number of imidazole rings is 1. The number of guanidine groups is 1. The fraction of sp³-hybridized carbons (Fsp3) is 0.438. The van der Waals surface area contributed by atoms with Crippen LogP contribution >= 0.6 is 0 Å². The highest BCUT2D eigenvalue weighted by atomic mass is 19.2. The number of carboxylic acid groups (broad SMARTS) is 1. The molecule has 1 aliphatic heterocycles. The van der Waals surface area contributed by atoms with Crippen LogP contribution in [0, 0.1) is 35.0 Å². The van der Waals surface area contributed by atoms with Crippen molar-refractivity contribution in [2.45, 2.75) is 146 Å². The van der Waals surface area contributed by atoms with Crippen LogP contribution in [-0.2, 0) is 83.2 Å². The molecule has 1 aliphatic rings. The number of para-hydroxylation sites is 1. The fourth-order valence-electron chi connectivity index (χ4n) is 11.0. The Bertz CT molecular complexity index is 3830. The van der Waals surface area contributed by atoms with Crippen molar-refractivity contribution < 1.29 is 94.8 Å². The number of aromatic hydroxyl groups is 1. The molecule has 32 nitrogen and oxygen atoms in total. The van der Waals surface area contributed by atoms with E-state index in [2.05, 4.69) is 67.8 Å². The number of aliphatic imine (C=N–C) groups is 1. The first-order chi connectivity index (χ1) is 47.8. The first kappa shape index (κ1) is 78.7. The van der Waals surface area contributed by atoms with E-state index >= 15 is 8.78 Å². The van der Waals surface area contributed by atoms with E-state index in [1.165, 1.54) is 30.9 Å². The number of hydrogen-bond acceptors (Lipinski definition) is 16. The zero-order valence-corrected chi connectivity index (χ0v) is 54.9. The number of phenolic OH excluding ortho intramolecular Hbond substituents is 1. The molecule has 3 aromatic carbocycles. The number of H-pyrrole nitrogens is 2. The lowest BCUT2D eigenvalue weighted by atomic mass is 9.98. The molecule has 0 radical (unpaired) electrons. The maximum Gasteiger partial charge on any atom is 0.303 e. The van der Waals surface area contributed by atoms with Gasteiger partial charge >= 0.3 is 5.97 Å². The molecule has 0 unspecified atom stereocenters. The summed E-state index contributed by atoms with van der Waals surface area (Å²) in [6.45, 7) is 2.33. The number of carboxylic acids is 1. The first-order valence-electron chi connectivity index (χ1n) is 31.8. The minimum Gasteiger partial charge on any atom is -0.508 e. The van der Waals surface area contributed by atoms with Gasteiger partial charge in [-0.05, 0) is 73.8 Å². The largest absolute Gasteiger partial charge is 0.508 e. The molecule has 1 saturated heterocycles. The Hall–Kier alpha value is -11.3. The number of primary amides is 1. The predicted molar refractivity (Wildman–Crippen MR) is 347 cm³/mol. The summed E-state index contributed by atoms with van der Waals surface area (Å²) >= 11 is 0. The summed E-state index contributed by atoms with van der Waals surface area (Å²) in [6.07, 6.45) is 0.114. The van der Waals surface area contributed by atoms with Crippen molar-refractivity contribution in [1.29, 1.82) is 0 Å². The number of aliphatic hydroxyl groups is 1. The predicted octanol–water partition coefficient (Wildman–Crippen LogP) is -1.99. The third-order valence-corrected chi connectivity index (χ3v) is 16.0. The number of carbonyl (C=O) groups excluding carboxylic acids is 11. The van der Waals surface area contributed by atoms with Crippen LogP contribution in [0.1, 0.15) is 88.1 Å². The number of halogens is 5. The van der Waals surface area contributed by atoms with E-state index in [4.69, 9.17) is 17.2 Å². The molecule has 6 rings (SSSR count). The standard InChI is InChI=1S/C64H80F5N17O15/c1-30(2)20-41(56(94)79-40(10-6-18-74-64(71)72)63(101)86-19-7-11-47(86)62(100)76-27-48(70)90)80-60(98)45(24-37-50(65)52(67)54(69)53(68)51(37)66)84-57(95)42(21-32-12-14-35(89)15-13-32)81-61(99)46(28-87)85-58(96)43(22-33-25-75-38-9-5-4-8-36(33)38)82-59(97)44(23-34-26-73-29-77-34)83-55(93)39(78-31(3)88)16-17-49(91)92/h4-5,8-9,12-15,25-26,29-30,39-47,75,87,89H,6-7,10-11,16-24,27-28H2,1-3H3,(H2,70,90)(H,73,77)(H,76,100)(H,78,88)(H,79,94)(H,80,98)(H,81,99)(H,82,97)(H,83,93)(H,84,95)(H,85,96)(H,91,92)(H4,71,72,74)/t39-,40-,41-,42-,43-,44-,45+,46-,47-/m0/s1. The smallest absolute Gasteiger partial charge is 0.303 e. The van der Waals surface area contributed by atoms with E-state index in [1.54, 1.807) is 38.1 Å². The molecular formula is C64H80F5N17O15. The van der Waals surface area contributed by atoms with Gasteiger partial charge in [-0.25, -0.2) is 26.9 Å². The molecule has 5 aromatic rings. The molecule has 20 N–H and O–H groups in total. The third kappa shape index (κ3) is 22.9. The molecule has 2 aromatic heterocycles. The van der Waals surface area contributed by atoms with Gasteiger partial charge in [-0.3, -0.25) is 62.5 Å². The van der Waals surface area contributed by atoms with Crippen molar-refractivity contribution >= 4 is 87.8 Å². The Morgan fingerprint density at radius 2 is 1.18 bits per heavy atom. The lowest BCUT2D eigenvalue weighted by Gasteiger charge is -2.30. The molecule has 101 heavy (non-hydrogen) atoms. The Morgan fingerprint density at radius 1 is 0.644 bits per heavy atom. The van der Waals surface area contributed by atoms with Gasteiger partial charge < -0.3 is 95.2 Å². The zero-order chi connectivity index (χ0) is 74.4. The number of aliphatic carboxylic acids is 1. The number of aromatic nitrogens is 3. The number of hydrogen-bond donors (Lipinski definition) is 17. The molecule has 0 aliphatic carbocycles. The topological polar surface area (TPSA) is 512 Å². The summed E-state index contributed by atoms with van der Waals surface area (Å²) < 4.78 is 75.9. The number of nitrogens with one attached hydrogen (secondary N) is 11. The normalized spacial score (nSPS) is 15.1. The maximum atomic E-state index is 15.7. The molecule has 37 heteroatoms. The second-order valence-corrected chi connectivity index (χ2v) is 24.2. The summed E-state index contributed by atoms with van der Waals surface area (Å²) in [7, 11) is 0. The number of nitrogens with zero attached hydrogens (tertiary/aromatic N) is 3. The van der Waals surface area contributed by atoms with Gasteiger partial charge in [0.25, 0.3) is 0 Å². The highest BCUT2D eigenvalue weighted by Crippen LogP contribution is 2.26. The first-order valence-corrected chi connectivity index (χ1v) is 31.8. The van der Waals surface area contributed by atoms with Gasteiger partial charge in [0.15, 0.2) is 29.2 Å². The van der Waals surface area contributed by atoms with Gasteiger partial charge in [-0.1, -0.05) is 44.2 Å². The van der Waals surface area contributed by atoms with Crippen LogP contribution in [0.25, 0.3) is 10.9 Å². The number of carbonyl (C=O) groups is 12. The fourth-order valence-corrected chi connectivity index (χ4v) is 11.0. The van der Waals surface area contributed by atoms with E-state index in [9.17, 15) is 86.0 Å². The second-order valence-electron chi connectivity index (χ2n) is 24.2. The van der Waals surface area contributed by atoms with Crippen molar-refractivity contribution in [3.63, 3.8) is 0 Å². The van der Waals surface area contributed by atoms with Crippen LogP contribution in [-0.4, -0.2) is 193 Å². The minimum atomic E-state index is -2.59. The average molecular weight is 1420 g/mol. The van der Waals surface area contributed by atoms with Gasteiger partial charge in [-0.15, -0.1) is 0 Å². The Morgan fingerprint density at radius 3 is 1.74 bits per heavy atom. The highest BCUT2D eigenvalue weighted by Gasteiger charge is 2.41. The van der Waals surface area contributed by atoms with Gasteiger partial charge in [0.2, 0.25) is 70.8 Å². The summed E-state index contributed by atoms with van der Waals surface area (Å²) in [6, 6.07) is -4.17. The highest BCUT2D eigenvalue weighted by molar-refractivity contribution is 5.99. The number of aromatic amines is 2. The third-order valence-electron chi connectivity index (χ3n) is 16.0. The molecular weight excluding hydrogens is 1340 g/mol. The lowest BCUT2D eigenvalue weighted by Crippen LogP contribution is -2.62. The van der Waals surface area contributed by atoms with Crippen LogP contribution < -0.4 is 65.1 Å². The van der Waals surface area contributed by atoms with Gasteiger partial charge in [0, 0.05) is 86.7 Å². The number of nitrogens with two attached hydrogens (primary N) is 3. The summed E-state index contributed by atoms with van der Waals surface area (Å²) in [5.74, 6) is -26.7. The van der Waals surface area contributed by atoms with Crippen LogP contribution in [0.4, 0.5) is 22.0 Å². The lowest BCUT2D eigenvalue weighted by molar-refractivity contribution is -0.142. The Balaban J connectivity index is 1.33. The molecule has 1 fully saturated rings. The molecule has 546 valence electrons. The van der Waals surface area contributed by atoms with Crippen molar-refractivity contribution in [2.24, 2.45) is 28.1 Å². The second kappa shape index (κ2) is 37.1. The molecule has 3 heterocycles. The molecule has 0 saturated carbocycles. The monoisotopic (exact) mass is 1420 g/mol. The number of fused-ring (bicyclic) bond motifs is 1. The van der Waals surface area contributed by atoms with Crippen LogP contribution in [0.2, 0.25) is 0 Å². The Labute approximate surface area is 573 Å². The van der Waals surface area contributed by atoms with E-state index in [1.807, 2.05) is 0 Å². The van der Waals surface area contributed by atoms with Crippen LogP contribution in [0.5, 0.6) is 5.75 Å². The van der Waals surface area contributed by atoms with E-state index < -0.39 is 205 Å². The van der Waals surface area contributed by atoms with Crippen LogP contribution in [0.15, 0.2) is 72.2 Å². The van der Waals surface area contributed by atoms with E-state index in [-0.39, 0.29) is 74.6 Å². The molecule has 0 spiro atoms. The molecule has 11 amide bonds. The van der Waals surface area contributed by atoms with Crippen molar-refractivity contribution in [1.82, 2.24) is 67.7 Å². The van der Waals surface area contributed by atoms with E-state index in [0.717, 1.165) is 24.0 Å². The summed E-state index contributed by atoms with van der Waals surface area (Å²) in [5, 5.41) is 52.3. The van der Waals surface area contributed by atoms with E-state index in [0.29, 0.717) is 22.9 Å². The minimum absolute atomic E-state index is 0.000689. The maximum absolute atomic E-state index is 15.7. The summed E-state index contributed by atoms with van der Waals surface area (Å²) in [4.78, 5) is 179. The molecule has 0 bridgehead atoms. The van der Waals surface area contributed by atoms with Crippen molar-refractivity contribution in [3.8, 4) is 5.75 Å². The number of likely N-dealkylation sites (tertiary alicyclic amines) is 1. The number of amides is 11. The van der Waals surface area contributed by atoms with Gasteiger partial charge in [0.1, 0.15) is 60.1 Å². The van der Waals surface area contributed by atoms with Crippen molar-refractivity contribution in [2.75, 3.05) is 26.2 Å². The van der Waals surface area contributed by atoms with Crippen molar-refractivity contribution in [3.05, 3.63) is 119 Å². The van der Waals surface area contributed by atoms with Gasteiger partial charge in [0.05, 0.1) is 19.5 Å². The number of aliphatic hydroxyl groups excluding tert-OH is 1. The zero-order valence-electron chi connectivity index (χ0n) is 54.9. The quantitative estimate of drug-likeness (QED) is 0.00511. The van der Waals surface area contributed by atoms with Gasteiger partial charge in [-0.2, -0.15) is 0 Å².